The lowest BCUT2D eigenvalue weighted by Gasteiger charge is -2.11. The second-order valence-corrected chi connectivity index (χ2v) is 4.53. The molecule has 94 valence electrons. The van der Waals surface area contributed by atoms with Gasteiger partial charge in [0.05, 0.1) is 0 Å². The first-order chi connectivity index (χ1) is 8.74. The monoisotopic (exact) mass is 242 g/mol. The minimum Gasteiger partial charge on any atom is -0.381 e. The van der Waals surface area contributed by atoms with Gasteiger partial charge in [-0.05, 0) is 31.8 Å². The number of benzene rings is 1. The van der Waals surface area contributed by atoms with E-state index in [4.69, 9.17) is 0 Å². The number of rotatable bonds is 5. The van der Waals surface area contributed by atoms with Gasteiger partial charge in [-0.2, -0.15) is 0 Å². The van der Waals surface area contributed by atoms with Crippen molar-refractivity contribution in [2.24, 2.45) is 0 Å². The first kappa shape index (κ1) is 12.5. The molecule has 18 heavy (non-hydrogen) atoms. The average Bonchev–Trinajstić information content (AvgIpc) is 2.38. The molecule has 4 nitrogen and oxygen atoms in total. The van der Waals surface area contributed by atoms with E-state index in [-0.39, 0.29) is 0 Å². The van der Waals surface area contributed by atoms with Crippen molar-refractivity contribution in [1.29, 1.82) is 0 Å². The number of aromatic nitrogens is 2. The molecule has 0 unspecified atom stereocenters. The second-order valence-electron chi connectivity index (χ2n) is 4.53. The topological polar surface area (TPSA) is 41.0 Å². The lowest BCUT2D eigenvalue weighted by molar-refractivity contribution is 0.402. The van der Waals surface area contributed by atoms with E-state index < -0.39 is 0 Å². The van der Waals surface area contributed by atoms with Crippen molar-refractivity contribution >= 4 is 5.69 Å². The molecule has 2 rings (SSSR count). The summed E-state index contributed by atoms with van der Waals surface area (Å²) in [6.45, 7) is 1.71. The van der Waals surface area contributed by atoms with Gasteiger partial charge in [0.2, 0.25) is 0 Å². The van der Waals surface area contributed by atoms with Gasteiger partial charge >= 0.3 is 0 Å². The van der Waals surface area contributed by atoms with Crippen LogP contribution < -0.4 is 5.32 Å². The number of hydrogen-bond donors (Lipinski definition) is 1. The SMILES string of the molecule is CN(C)Cc1ccc(NCc2cncnc2)cc1. The van der Waals surface area contributed by atoms with E-state index in [1.807, 2.05) is 12.4 Å². The number of hydrogen-bond acceptors (Lipinski definition) is 4. The fourth-order valence-electron chi connectivity index (χ4n) is 1.72. The van der Waals surface area contributed by atoms with Gasteiger partial charge in [0.15, 0.2) is 0 Å². The molecule has 0 aliphatic heterocycles. The smallest absolute Gasteiger partial charge is 0.115 e. The highest BCUT2D eigenvalue weighted by Gasteiger charge is 1.97. The van der Waals surface area contributed by atoms with Crippen LogP contribution in [0.2, 0.25) is 0 Å². The van der Waals surface area contributed by atoms with Crippen molar-refractivity contribution in [3.05, 3.63) is 54.1 Å². The van der Waals surface area contributed by atoms with Gasteiger partial charge in [-0.15, -0.1) is 0 Å². The van der Waals surface area contributed by atoms with Crippen molar-refractivity contribution in [2.75, 3.05) is 19.4 Å². The van der Waals surface area contributed by atoms with Crippen LogP contribution in [0, 0.1) is 0 Å². The van der Waals surface area contributed by atoms with Crippen LogP contribution in [-0.2, 0) is 13.1 Å². The zero-order valence-electron chi connectivity index (χ0n) is 10.8. The summed E-state index contributed by atoms with van der Waals surface area (Å²) in [5.41, 5.74) is 3.50. The minimum atomic E-state index is 0.744. The van der Waals surface area contributed by atoms with E-state index >= 15 is 0 Å². The summed E-state index contributed by atoms with van der Waals surface area (Å²) < 4.78 is 0. The summed E-state index contributed by atoms with van der Waals surface area (Å²) >= 11 is 0. The van der Waals surface area contributed by atoms with Crippen LogP contribution in [0.4, 0.5) is 5.69 Å². The Morgan fingerprint density at radius 1 is 1.00 bits per heavy atom. The van der Waals surface area contributed by atoms with Crippen LogP contribution in [-0.4, -0.2) is 29.0 Å². The molecule has 4 heteroatoms. The Morgan fingerprint density at radius 3 is 2.28 bits per heavy atom. The molecule has 0 bridgehead atoms. The Kier molecular flexibility index (Phi) is 4.25. The number of nitrogens with zero attached hydrogens (tertiary/aromatic N) is 3. The van der Waals surface area contributed by atoms with E-state index in [9.17, 15) is 0 Å². The van der Waals surface area contributed by atoms with Gasteiger partial charge in [-0.3, -0.25) is 0 Å². The number of anilines is 1. The lowest BCUT2D eigenvalue weighted by atomic mass is 10.2. The molecule has 0 saturated carbocycles. The standard InChI is InChI=1S/C14H18N4/c1-18(2)10-12-3-5-14(6-4-12)17-9-13-7-15-11-16-8-13/h3-8,11,17H,9-10H2,1-2H3. The Balaban J connectivity index is 1.90. The Hall–Kier alpha value is -1.94. The van der Waals surface area contributed by atoms with Crippen molar-refractivity contribution < 1.29 is 0 Å². The summed E-state index contributed by atoms with van der Waals surface area (Å²) in [7, 11) is 4.14. The van der Waals surface area contributed by atoms with Gasteiger partial charge < -0.3 is 10.2 Å². The molecular weight excluding hydrogens is 224 g/mol. The highest BCUT2D eigenvalue weighted by molar-refractivity contribution is 5.44. The molecule has 0 saturated heterocycles. The third-order valence-corrected chi connectivity index (χ3v) is 2.56. The molecule has 1 heterocycles. The van der Waals surface area contributed by atoms with Crippen molar-refractivity contribution in [1.82, 2.24) is 14.9 Å². The van der Waals surface area contributed by atoms with Crippen molar-refractivity contribution in [3.63, 3.8) is 0 Å². The third-order valence-electron chi connectivity index (χ3n) is 2.56. The predicted molar refractivity (Wildman–Crippen MR) is 73.2 cm³/mol. The van der Waals surface area contributed by atoms with Crippen molar-refractivity contribution in [3.8, 4) is 0 Å². The number of nitrogens with one attached hydrogen (secondary N) is 1. The fourth-order valence-corrected chi connectivity index (χ4v) is 1.72. The summed E-state index contributed by atoms with van der Waals surface area (Å²) in [4.78, 5) is 10.1. The van der Waals surface area contributed by atoms with Gasteiger partial charge in [-0.25, -0.2) is 9.97 Å². The lowest BCUT2D eigenvalue weighted by Crippen LogP contribution is -2.10. The highest BCUT2D eigenvalue weighted by atomic mass is 15.0. The van der Waals surface area contributed by atoms with Gasteiger partial charge in [0.1, 0.15) is 6.33 Å². The molecule has 0 aliphatic rings. The summed E-state index contributed by atoms with van der Waals surface area (Å²) in [6, 6.07) is 8.49. The summed E-state index contributed by atoms with van der Waals surface area (Å²) in [5, 5.41) is 3.35. The molecule has 0 fully saturated rings. The van der Waals surface area contributed by atoms with Crippen LogP contribution in [0.15, 0.2) is 43.0 Å². The van der Waals surface area contributed by atoms with E-state index in [2.05, 4.69) is 58.5 Å². The van der Waals surface area contributed by atoms with Crippen LogP contribution in [0.5, 0.6) is 0 Å². The van der Waals surface area contributed by atoms with E-state index in [0.717, 1.165) is 24.3 Å². The van der Waals surface area contributed by atoms with E-state index in [1.165, 1.54) is 5.56 Å². The second kappa shape index (κ2) is 6.12. The molecule has 1 aromatic heterocycles. The average molecular weight is 242 g/mol. The molecule has 0 amide bonds. The fraction of sp³-hybridized carbons (Fsp3) is 0.286. The molecule has 2 aromatic rings. The molecule has 0 aliphatic carbocycles. The Labute approximate surface area is 108 Å². The molecule has 0 spiro atoms. The first-order valence-corrected chi connectivity index (χ1v) is 5.95. The largest absolute Gasteiger partial charge is 0.381 e. The molecule has 0 radical (unpaired) electrons. The summed E-state index contributed by atoms with van der Waals surface area (Å²) in [5.74, 6) is 0. The van der Waals surface area contributed by atoms with Gasteiger partial charge in [0.25, 0.3) is 0 Å². The van der Waals surface area contributed by atoms with Gasteiger partial charge in [-0.1, -0.05) is 12.1 Å². The van der Waals surface area contributed by atoms with E-state index in [0.29, 0.717) is 0 Å². The molecular formula is C14H18N4. The Bertz CT molecular complexity index is 465. The third kappa shape index (κ3) is 3.82. The molecule has 0 atom stereocenters. The highest BCUT2D eigenvalue weighted by Crippen LogP contribution is 2.11. The zero-order valence-corrected chi connectivity index (χ0v) is 10.8. The normalized spacial score (nSPS) is 10.6. The Morgan fingerprint density at radius 2 is 1.67 bits per heavy atom. The predicted octanol–water partition coefficient (Wildman–Crippen LogP) is 2.15. The maximum Gasteiger partial charge on any atom is 0.115 e. The van der Waals surface area contributed by atoms with Gasteiger partial charge in [0, 0.05) is 36.7 Å². The molecule has 1 N–H and O–H groups in total. The minimum absolute atomic E-state index is 0.744. The van der Waals surface area contributed by atoms with Crippen LogP contribution >= 0.6 is 0 Å². The quantitative estimate of drug-likeness (QED) is 0.872. The van der Waals surface area contributed by atoms with Crippen molar-refractivity contribution in [2.45, 2.75) is 13.1 Å². The molecule has 1 aromatic carbocycles. The van der Waals surface area contributed by atoms with Crippen LogP contribution in [0.1, 0.15) is 11.1 Å². The van der Waals surface area contributed by atoms with Crippen LogP contribution in [0.25, 0.3) is 0 Å². The maximum absolute atomic E-state index is 3.99. The van der Waals surface area contributed by atoms with E-state index in [1.54, 1.807) is 6.33 Å². The summed E-state index contributed by atoms with van der Waals surface area (Å²) in [6.07, 6.45) is 5.18. The van der Waals surface area contributed by atoms with Crippen LogP contribution in [0.3, 0.4) is 0 Å². The first-order valence-electron chi connectivity index (χ1n) is 5.95. The zero-order chi connectivity index (χ0) is 12.8. The maximum atomic E-state index is 3.99.